The third kappa shape index (κ3) is 4.72. The molecule has 1 aliphatic rings. The number of nitrogens with zero attached hydrogens (tertiary/aromatic N) is 2. The van der Waals surface area contributed by atoms with Gasteiger partial charge in [-0.25, -0.2) is 8.42 Å². The van der Waals surface area contributed by atoms with Crippen LogP contribution >= 0.6 is 0 Å². The van der Waals surface area contributed by atoms with Gasteiger partial charge in [-0.3, -0.25) is 14.6 Å². The van der Waals surface area contributed by atoms with Crippen LogP contribution in [0.15, 0.2) is 71.6 Å². The van der Waals surface area contributed by atoms with Gasteiger partial charge >= 0.3 is 0 Å². The van der Waals surface area contributed by atoms with E-state index >= 15 is 0 Å². The molecule has 5 rings (SSSR count). The van der Waals surface area contributed by atoms with Gasteiger partial charge in [-0.2, -0.15) is 5.10 Å². The Morgan fingerprint density at radius 2 is 1.75 bits per heavy atom. The zero-order chi connectivity index (χ0) is 25.1. The number of fused-ring (bicyclic) bond motifs is 1. The first-order valence-corrected chi connectivity index (χ1v) is 13.2. The van der Waals surface area contributed by atoms with Crippen molar-refractivity contribution in [1.29, 1.82) is 0 Å². The van der Waals surface area contributed by atoms with Gasteiger partial charge in [-0.1, -0.05) is 30.3 Å². The van der Waals surface area contributed by atoms with Crippen molar-refractivity contribution in [2.75, 3.05) is 35.1 Å². The third-order valence-corrected chi connectivity index (χ3v) is 7.64. The second-order valence-electron chi connectivity index (χ2n) is 8.61. The predicted molar refractivity (Wildman–Crippen MR) is 140 cm³/mol. The molecule has 1 aliphatic heterocycles. The second kappa shape index (κ2) is 9.90. The van der Waals surface area contributed by atoms with E-state index in [4.69, 9.17) is 4.74 Å². The highest BCUT2D eigenvalue weighted by Crippen LogP contribution is 2.34. The van der Waals surface area contributed by atoms with Crippen molar-refractivity contribution in [2.45, 2.75) is 24.2 Å². The van der Waals surface area contributed by atoms with E-state index in [1.807, 2.05) is 18.2 Å². The Bertz CT molecular complexity index is 1510. The zero-order valence-corrected chi connectivity index (χ0v) is 20.6. The van der Waals surface area contributed by atoms with Gasteiger partial charge in [0.1, 0.15) is 10.6 Å². The molecule has 36 heavy (non-hydrogen) atoms. The topological polar surface area (TPSA) is 116 Å². The number of carbonyl (C=O) groups excluding carboxylic acids is 1. The summed E-state index contributed by atoms with van der Waals surface area (Å²) in [5.41, 5.74) is 2.27. The highest BCUT2D eigenvalue weighted by Gasteiger charge is 2.25. The quantitative estimate of drug-likeness (QED) is 0.338. The van der Waals surface area contributed by atoms with E-state index in [-0.39, 0.29) is 10.6 Å². The van der Waals surface area contributed by atoms with Crippen molar-refractivity contribution in [1.82, 2.24) is 10.2 Å². The van der Waals surface area contributed by atoms with Crippen molar-refractivity contribution in [3.05, 3.63) is 72.4 Å². The van der Waals surface area contributed by atoms with Crippen molar-refractivity contribution >= 4 is 43.9 Å². The number of nitrogens with one attached hydrogen (secondary N) is 3. The number of benzene rings is 3. The molecule has 0 saturated carbocycles. The van der Waals surface area contributed by atoms with E-state index in [1.165, 1.54) is 13.2 Å². The minimum absolute atomic E-state index is 0.0833. The molecule has 0 aliphatic carbocycles. The number of sulfonamides is 1. The molecule has 10 heteroatoms. The van der Waals surface area contributed by atoms with E-state index in [0.717, 1.165) is 37.9 Å². The highest BCUT2D eigenvalue weighted by atomic mass is 32.2. The van der Waals surface area contributed by atoms with E-state index in [0.29, 0.717) is 28.2 Å². The molecular formula is C26H27N5O4S. The summed E-state index contributed by atoms with van der Waals surface area (Å²) in [6.45, 7) is 1.53. The van der Waals surface area contributed by atoms with Crippen LogP contribution in [0.3, 0.4) is 0 Å². The normalized spacial score (nSPS) is 14.0. The second-order valence-corrected chi connectivity index (χ2v) is 10.3. The summed E-state index contributed by atoms with van der Waals surface area (Å²) in [7, 11) is -2.53. The van der Waals surface area contributed by atoms with Gasteiger partial charge < -0.3 is 15.0 Å². The molecule has 0 spiro atoms. The number of piperidine rings is 1. The molecule has 3 aromatic carbocycles. The van der Waals surface area contributed by atoms with Crippen molar-refractivity contribution in [3.63, 3.8) is 0 Å². The third-order valence-electron chi connectivity index (χ3n) is 6.24. The molecule has 1 aromatic heterocycles. The Kier molecular flexibility index (Phi) is 6.51. The van der Waals surface area contributed by atoms with E-state index < -0.39 is 15.9 Å². The lowest BCUT2D eigenvalue weighted by Crippen LogP contribution is -2.31. The van der Waals surface area contributed by atoms with Gasteiger partial charge in [-0.05, 0) is 55.7 Å². The maximum Gasteiger partial charge on any atom is 0.276 e. The molecule has 186 valence electrons. The lowest BCUT2D eigenvalue weighted by molar-refractivity contribution is 0.102. The first-order chi connectivity index (χ1) is 17.5. The molecule has 4 aromatic rings. The fourth-order valence-electron chi connectivity index (χ4n) is 4.46. The number of hydrogen-bond donors (Lipinski definition) is 3. The minimum Gasteiger partial charge on any atom is -0.495 e. The van der Waals surface area contributed by atoms with Crippen molar-refractivity contribution in [2.24, 2.45) is 0 Å². The van der Waals surface area contributed by atoms with Gasteiger partial charge in [0.25, 0.3) is 15.9 Å². The number of ether oxygens (including phenoxy) is 1. The first-order valence-electron chi connectivity index (χ1n) is 11.8. The van der Waals surface area contributed by atoms with E-state index in [1.54, 1.807) is 42.5 Å². The standard InChI is InChI=1S/C26H27N5O4S/c1-35-23-12-6-5-11-21(23)30-36(33,34)24-17-18(13-14-22(24)31-15-7-2-8-16-31)27-26(32)25-19-9-3-4-10-20(19)28-29-25/h3-6,9-14,17,30H,2,7-8,15-16H2,1H3,(H,27,32)(H,28,29). The average Bonchev–Trinajstić information content (AvgIpc) is 3.34. The first kappa shape index (κ1) is 23.7. The fraction of sp³-hybridized carbons (Fsp3) is 0.231. The summed E-state index contributed by atoms with van der Waals surface area (Å²) >= 11 is 0. The monoisotopic (exact) mass is 505 g/mol. The molecule has 9 nitrogen and oxygen atoms in total. The molecule has 0 bridgehead atoms. The number of amides is 1. The van der Waals surface area contributed by atoms with Crippen LogP contribution in [0.25, 0.3) is 10.9 Å². The molecule has 1 fully saturated rings. The van der Waals surface area contributed by atoms with Crippen LogP contribution in [0.4, 0.5) is 17.1 Å². The number of aromatic nitrogens is 2. The summed E-state index contributed by atoms with van der Waals surface area (Å²) in [6, 6.07) is 19.1. The van der Waals surface area contributed by atoms with Crippen LogP contribution < -0.4 is 19.7 Å². The van der Waals surface area contributed by atoms with Crippen LogP contribution in [-0.2, 0) is 10.0 Å². The summed E-state index contributed by atoms with van der Waals surface area (Å²) < 4.78 is 35.3. The Hall–Kier alpha value is -4.05. The van der Waals surface area contributed by atoms with Crippen LogP contribution in [0.1, 0.15) is 29.8 Å². The van der Waals surface area contributed by atoms with Gasteiger partial charge in [0.15, 0.2) is 5.69 Å². The Labute approximate surface area is 209 Å². The minimum atomic E-state index is -4.02. The number of para-hydroxylation sites is 3. The van der Waals surface area contributed by atoms with Crippen LogP contribution in [0, 0.1) is 0 Å². The number of carbonyl (C=O) groups is 1. The number of aromatic amines is 1. The lowest BCUT2D eigenvalue weighted by Gasteiger charge is -2.30. The summed E-state index contributed by atoms with van der Waals surface area (Å²) in [6.07, 6.45) is 3.10. The Morgan fingerprint density at radius 3 is 2.56 bits per heavy atom. The largest absolute Gasteiger partial charge is 0.495 e. The molecule has 3 N–H and O–H groups in total. The number of rotatable bonds is 7. The zero-order valence-electron chi connectivity index (χ0n) is 19.8. The van der Waals surface area contributed by atoms with Gasteiger partial charge in [0.2, 0.25) is 0 Å². The molecule has 0 atom stereocenters. The van der Waals surface area contributed by atoms with Gasteiger partial charge in [-0.15, -0.1) is 0 Å². The molecule has 1 amide bonds. The van der Waals surface area contributed by atoms with Crippen molar-refractivity contribution in [3.8, 4) is 5.75 Å². The van der Waals surface area contributed by atoms with Crippen molar-refractivity contribution < 1.29 is 17.9 Å². The van der Waals surface area contributed by atoms with E-state index in [2.05, 4.69) is 25.1 Å². The average molecular weight is 506 g/mol. The number of methoxy groups -OCH3 is 1. The number of anilines is 3. The SMILES string of the molecule is COc1ccccc1NS(=O)(=O)c1cc(NC(=O)c2n[nH]c3ccccc23)ccc1N1CCCCC1. The number of H-pyrrole nitrogens is 1. The maximum atomic E-state index is 13.7. The van der Waals surface area contributed by atoms with E-state index in [9.17, 15) is 13.2 Å². The summed E-state index contributed by atoms with van der Waals surface area (Å²) in [5.74, 6) is -0.0188. The molecule has 0 unspecified atom stereocenters. The molecule has 2 heterocycles. The summed E-state index contributed by atoms with van der Waals surface area (Å²) in [4.78, 5) is 15.2. The summed E-state index contributed by atoms with van der Waals surface area (Å²) in [5, 5.41) is 10.5. The van der Waals surface area contributed by atoms with Crippen LogP contribution in [0.2, 0.25) is 0 Å². The smallest absolute Gasteiger partial charge is 0.276 e. The van der Waals surface area contributed by atoms with Crippen LogP contribution in [-0.4, -0.2) is 44.7 Å². The highest BCUT2D eigenvalue weighted by molar-refractivity contribution is 7.93. The molecule has 0 radical (unpaired) electrons. The maximum absolute atomic E-state index is 13.7. The lowest BCUT2D eigenvalue weighted by atomic mass is 10.1. The molecular weight excluding hydrogens is 478 g/mol. The van der Waals surface area contributed by atoms with Crippen LogP contribution in [0.5, 0.6) is 5.75 Å². The predicted octanol–water partition coefficient (Wildman–Crippen LogP) is 4.61. The Morgan fingerprint density at radius 1 is 1.00 bits per heavy atom. The van der Waals surface area contributed by atoms with Gasteiger partial charge in [0.05, 0.1) is 24.0 Å². The Balaban J connectivity index is 1.51. The van der Waals surface area contributed by atoms with Gasteiger partial charge in [0, 0.05) is 24.2 Å². The fourth-order valence-corrected chi connectivity index (χ4v) is 5.78. The molecule has 1 saturated heterocycles. The number of hydrogen-bond acceptors (Lipinski definition) is 6.